The van der Waals surface area contributed by atoms with Gasteiger partial charge in [0.2, 0.25) is 0 Å². The fourth-order valence-corrected chi connectivity index (χ4v) is 2.07. The number of pyridine rings is 1. The molecule has 5 nitrogen and oxygen atoms in total. The standard InChI is InChI=1S/C18H20N2O3/c1-18(2,17(22)23)10-15-9-8-14(12-19-15)16(21)20-11-13-6-4-3-5-7-13/h3-9,12H,10-11H2,1-2H3,(H,20,21)(H,22,23). The summed E-state index contributed by atoms with van der Waals surface area (Å²) >= 11 is 0. The number of rotatable bonds is 6. The Morgan fingerprint density at radius 3 is 2.39 bits per heavy atom. The zero-order valence-corrected chi connectivity index (χ0v) is 13.2. The summed E-state index contributed by atoms with van der Waals surface area (Å²) in [4.78, 5) is 27.4. The van der Waals surface area contributed by atoms with Gasteiger partial charge in [-0.1, -0.05) is 30.3 Å². The molecule has 120 valence electrons. The lowest BCUT2D eigenvalue weighted by Crippen LogP contribution is -2.27. The van der Waals surface area contributed by atoms with Crippen molar-refractivity contribution in [3.8, 4) is 0 Å². The smallest absolute Gasteiger partial charge is 0.309 e. The van der Waals surface area contributed by atoms with Gasteiger partial charge in [0.1, 0.15) is 0 Å². The van der Waals surface area contributed by atoms with Crippen LogP contribution in [0.4, 0.5) is 0 Å². The summed E-state index contributed by atoms with van der Waals surface area (Å²) < 4.78 is 0. The minimum atomic E-state index is -0.885. The van der Waals surface area contributed by atoms with Gasteiger partial charge in [-0.2, -0.15) is 0 Å². The summed E-state index contributed by atoms with van der Waals surface area (Å²) in [6, 6.07) is 13.0. The Morgan fingerprint density at radius 1 is 1.13 bits per heavy atom. The third-order valence-corrected chi connectivity index (χ3v) is 3.58. The largest absolute Gasteiger partial charge is 0.481 e. The van der Waals surface area contributed by atoms with Crippen molar-refractivity contribution in [3.05, 3.63) is 65.5 Å². The molecule has 1 aromatic carbocycles. The summed E-state index contributed by atoms with van der Waals surface area (Å²) in [6.07, 6.45) is 1.79. The quantitative estimate of drug-likeness (QED) is 0.859. The van der Waals surface area contributed by atoms with E-state index in [2.05, 4.69) is 10.3 Å². The Morgan fingerprint density at radius 2 is 1.83 bits per heavy atom. The van der Waals surface area contributed by atoms with Crippen molar-refractivity contribution in [2.24, 2.45) is 5.41 Å². The van der Waals surface area contributed by atoms with Gasteiger partial charge in [-0.05, 0) is 31.5 Å². The third-order valence-electron chi connectivity index (χ3n) is 3.58. The third kappa shape index (κ3) is 4.64. The minimum absolute atomic E-state index is 0.203. The van der Waals surface area contributed by atoms with Gasteiger partial charge < -0.3 is 10.4 Å². The molecular formula is C18H20N2O3. The van der Waals surface area contributed by atoms with E-state index in [1.165, 1.54) is 6.20 Å². The average Bonchev–Trinajstić information content (AvgIpc) is 2.54. The van der Waals surface area contributed by atoms with E-state index in [4.69, 9.17) is 5.11 Å². The summed E-state index contributed by atoms with van der Waals surface area (Å²) in [5, 5.41) is 12.0. The highest BCUT2D eigenvalue weighted by Crippen LogP contribution is 2.21. The molecule has 2 aromatic rings. The molecule has 1 amide bonds. The number of amides is 1. The van der Waals surface area contributed by atoms with Crippen LogP contribution in [0.1, 0.15) is 35.5 Å². The SMILES string of the molecule is CC(C)(Cc1ccc(C(=O)NCc2ccccc2)cn1)C(=O)O. The topological polar surface area (TPSA) is 79.3 Å². The van der Waals surface area contributed by atoms with Crippen LogP contribution >= 0.6 is 0 Å². The average molecular weight is 312 g/mol. The molecule has 0 aliphatic rings. The van der Waals surface area contributed by atoms with Gasteiger partial charge in [0.15, 0.2) is 0 Å². The van der Waals surface area contributed by atoms with E-state index in [1.807, 2.05) is 30.3 Å². The molecule has 0 radical (unpaired) electrons. The molecule has 0 atom stereocenters. The van der Waals surface area contributed by atoms with Crippen LogP contribution in [0.15, 0.2) is 48.7 Å². The number of hydrogen-bond donors (Lipinski definition) is 2. The molecule has 1 heterocycles. The van der Waals surface area contributed by atoms with E-state index in [1.54, 1.807) is 26.0 Å². The number of aromatic nitrogens is 1. The van der Waals surface area contributed by atoms with Crippen molar-refractivity contribution in [1.82, 2.24) is 10.3 Å². The fourth-order valence-electron chi connectivity index (χ4n) is 2.07. The molecular weight excluding hydrogens is 292 g/mol. The maximum Gasteiger partial charge on any atom is 0.309 e. The highest BCUT2D eigenvalue weighted by molar-refractivity contribution is 5.93. The first-order valence-corrected chi connectivity index (χ1v) is 7.39. The van der Waals surface area contributed by atoms with Crippen molar-refractivity contribution in [2.75, 3.05) is 0 Å². The number of carbonyl (C=O) groups excluding carboxylic acids is 1. The Balaban J connectivity index is 1.96. The Hall–Kier alpha value is -2.69. The molecule has 0 spiro atoms. The molecule has 1 aromatic heterocycles. The first kappa shape index (κ1) is 16.7. The lowest BCUT2D eigenvalue weighted by Gasteiger charge is -2.18. The van der Waals surface area contributed by atoms with Crippen molar-refractivity contribution in [3.63, 3.8) is 0 Å². The number of nitrogens with zero attached hydrogens (tertiary/aromatic N) is 1. The van der Waals surface area contributed by atoms with Crippen LogP contribution in [0.5, 0.6) is 0 Å². The molecule has 0 saturated heterocycles. The predicted octanol–water partition coefficient (Wildman–Crippen LogP) is 2.66. The van der Waals surface area contributed by atoms with Gasteiger partial charge in [-0.15, -0.1) is 0 Å². The van der Waals surface area contributed by atoms with E-state index in [9.17, 15) is 9.59 Å². The maximum absolute atomic E-state index is 12.1. The molecule has 0 aliphatic carbocycles. The van der Waals surface area contributed by atoms with Gasteiger partial charge in [0.25, 0.3) is 5.91 Å². The zero-order chi connectivity index (χ0) is 16.9. The van der Waals surface area contributed by atoms with E-state index >= 15 is 0 Å². The van der Waals surface area contributed by atoms with Crippen LogP contribution in [0.3, 0.4) is 0 Å². The molecule has 2 N–H and O–H groups in total. The highest BCUT2D eigenvalue weighted by atomic mass is 16.4. The second-order valence-electron chi connectivity index (χ2n) is 6.07. The monoisotopic (exact) mass is 312 g/mol. The Labute approximate surface area is 135 Å². The maximum atomic E-state index is 12.1. The Bertz CT molecular complexity index is 679. The first-order valence-electron chi connectivity index (χ1n) is 7.39. The van der Waals surface area contributed by atoms with Gasteiger partial charge in [0, 0.05) is 24.9 Å². The summed E-state index contributed by atoms with van der Waals surface area (Å²) in [7, 11) is 0. The van der Waals surface area contributed by atoms with Crippen molar-refractivity contribution in [1.29, 1.82) is 0 Å². The van der Waals surface area contributed by atoms with Crippen molar-refractivity contribution < 1.29 is 14.7 Å². The normalized spacial score (nSPS) is 11.0. The summed E-state index contributed by atoms with van der Waals surface area (Å²) in [6.45, 7) is 3.75. The Kier molecular flexibility index (Phi) is 5.11. The summed E-state index contributed by atoms with van der Waals surface area (Å²) in [5.74, 6) is -1.07. The van der Waals surface area contributed by atoms with Crippen LogP contribution in [0.2, 0.25) is 0 Å². The number of aliphatic carboxylic acids is 1. The highest BCUT2D eigenvalue weighted by Gasteiger charge is 2.27. The van der Waals surface area contributed by atoms with E-state index in [0.717, 1.165) is 5.56 Å². The zero-order valence-electron chi connectivity index (χ0n) is 13.2. The summed E-state index contributed by atoms with van der Waals surface area (Å²) in [5.41, 5.74) is 1.24. The van der Waals surface area contributed by atoms with Crippen molar-refractivity contribution >= 4 is 11.9 Å². The van der Waals surface area contributed by atoms with E-state index in [0.29, 0.717) is 24.2 Å². The lowest BCUT2D eigenvalue weighted by atomic mass is 9.88. The molecule has 0 fully saturated rings. The lowest BCUT2D eigenvalue weighted by molar-refractivity contribution is -0.146. The number of carboxylic acid groups (broad SMARTS) is 1. The second kappa shape index (κ2) is 7.05. The van der Waals surface area contributed by atoms with E-state index in [-0.39, 0.29) is 5.91 Å². The van der Waals surface area contributed by atoms with Crippen LogP contribution in [-0.4, -0.2) is 22.0 Å². The molecule has 0 aliphatic heterocycles. The molecule has 5 heteroatoms. The molecule has 23 heavy (non-hydrogen) atoms. The number of carboxylic acids is 1. The number of benzene rings is 1. The second-order valence-corrected chi connectivity index (χ2v) is 6.07. The molecule has 0 saturated carbocycles. The van der Waals surface area contributed by atoms with Gasteiger partial charge in [-0.3, -0.25) is 14.6 Å². The number of hydrogen-bond acceptors (Lipinski definition) is 3. The van der Waals surface area contributed by atoms with Gasteiger partial charge in [-0.25, -0.2) is 0 Å². The first-order chi connectivity index (χ1) is 10.9. The number of carbonyl (C=O) groups is 2. The van der Waals surface area contributed by atoms with E-state index < -0.39 is 11.4 Å². The minimum Gasteiger partial charge on any atom is -0.481 e. The molecule has 0 unspecified atom stereocenters. The van der Waals surface area contributed by atoms with Crippen LogP contribution < -0.4 is 5.32 Å². The predicted molar refractivity (Wildman–Crippen MR) is 87.0 cm³/mol. The molecule has 0 bridgehead atoms. The van der Waals surface area contributed by atoms with Crippen LogP contribution in [0, 0.1) is 5.41 Å². The van der Waals surface area contributed by atoms with Crippen LogP contribution in [0.25, 0.3) is 0 Å². The van der Waals surface area contributed by atoms with Crippen molar-refractivity contribution in [2.45, 2.75) is 26.8 Å². The van der Waals surface area contributed by atoms with Gasteiger partial charge in [0.05, 0.1) is 11.0 Å². The van der Waals surface area contributed by atoms with Gasteiger partial charge >= 0.3 is 5.97 Å². The fraction of sp³-hybridized carbons (Fsp3) is 0.278. The molecule has 2 rings (SSSR count). The number of nitrogens with one attached hydrogen (secondary N) is 1. The van der Waals surface area contributed by atoms with Crippen LogP contribution in [-0.2, 0) is 17.8 Å².